The molecule has 0 bridgehead atoms. The van der Waals surface area contributed by atoms with Crippen molar-refractivity contribution in [3.05, 3.63) is 53.6 Å². The zero-order valence-corrected chi connectivity index (χ0v) is 12.4. The number of nitrogen functional groups attached to an aromatic ring is 2. The van der Waals surface area contributed by atoms with E-state index in [0.717, 1.165) is 37.4 Å². The smallest absolute Gasteiger partial charge is 0.141 e. The van der Waals surface area contributed by atoms with E-state index in [1.165, 1.54) is 11.1 Å². The van der Waals surface area contributed by atoms with E-state index in [1.54, 1.807) is 7.11 Å². The molecule has 0 heterocycles. The molecule has 0 saturated heterocycles. The van der Waals surface area contributed by atoms with E-state index >= 15 is 0 Å². The molecule has 5 N–H and O–H groups in total. The van der Waals surface area contributed by atoms with Gasteiger partial charge in [0.15, 0.2) is 0 Å². The molecule has 0 saturated carbocycles. The first kappa shape index (κ1) is 15.2. The van der Waals surface area contributed by atoms with Gasteiger partial charge in [0.25, 0.3) is 0 Å². The molecular formula is C17H23N3O. The highest BCUT2D eigenvalue weighted by Crippen LogP contribution is 2.21. The summed E-state index contributed by atoms with van der Waals surface area (Å²) in [7, 11) is 1.63. The van der Waals surface area contributed by atoms with Crippen molar-refractivity contribution < 1.29 is 4.74 Å². The Balaban J connectivity index is 1.70. The van der Waals surface area contributed by atoms with E-state index in [0.29, 0.717) is 5.69 Å². The lowest BCUT2D eigenvalue weighted by Gasteiger charge is -2.08. The Morgan fingerprint density at radius 2 is 1.52 bits per heavy atom. The van der Waals surface area contributed by atoms with Crippen LogP contribution >= 0.6 is 0 Å². The Kier molecular flexibility index (Phi) is 5.46. The Hall–Kier alpha value is -2.20. The second-order valence-corrected chi connectivity index (χ2v) is 5.07. The SMILES string of the molecule is COc1ccc(CCNCCc2ccc(N)cc2)cc1N. The number of anilines is 2. The summed E-state index contributed by atoms with van der Waals surface area (Å²) in [4.78, 5) is 0. The van der Waals surface area contributed by atoms with E-state index in [9.17, 15) is 0 Å². The van der Waals surface area contributed by atoms with Gasteiger partial charge in [-0.15, -0.1) is 0 Å². The zero-order chi connectivity index (χ0) is 15.1. The molecule has 0 aromatic heterocycles. The predicted octanol–water partition coefficient (Wildman–Crippen LogP) is 2.23. The van der Waals surface area contributed by atoms with Crippen LogP contribution in [0.25, 0.3) is 0 Å². The van der Waals surface area contributed by atoms with E-state index in [-0.39, 0.29) is 0 Å². The van der Waals surface area contributed by atoms with Crippen LogP contribution in [0.15, 0.2) is 42.5 Å². The number of rotatable bonds is 7. The molecule has 21 heavy (non-hydrogen) atoms. The van der Waals surface area contributed by atoms with Crippen LogP contribution in [0, 0.1) is 0 Å². The van der Waals surface area contributed by atoms with Gasteiger partial charge in [0.1, 0.15) is 5.75 Å². The lowest BCUT2D eigenvalue weighted by molar-refractivity contribution is 0.417. The quantitative estimate of drug-likeness (QED) is 0.539. The summed E-state index contributed by atoms with van der Waals surface area (Å²) in [6.07, 6.45) is 1.96. The van der Waals surface area contributed by atoms with Crippen molar-refractivity contribution in [2.75, 3.05) is 31.7 Å². The Morgan fingerprint density at radius 3 is 2.14 bits per heavy atom. The number of hydrogen-bond acceptors (Lipinski definition) is 4. The molecular weight excluding hydrogens is 262 g/mol. The van der Waals surface area contributed by atoms with E-state index < -0.39 is 0 Å². The van der Waals surface area contributed by atoms with Crippen LogP contribution in [0.5, 0.6) is 5.75 Å². The largest absolute Gasteiger partial charge is 0.495 e. The third-order valence-electron chi connectivity index (χ3n) is 3.45. The van der Waals surface area contributed by atoms with Gasteiger partial charge in [0, 0.05) is 5.69 Å². The minimum Gasteiger partial charge on any atom is -0.495 e. The minimum absolute atomic E-state index is 0.692. The van der Waals surface area contributed by atoms with Gasteiger partial charge in [-0.2, -0.15) is 0 Å². The topological polar surface area (TPSA) is 73.3 Å². The first-order chi connectivity index (χ1) is 10.2. The van der Waals surface area contributed by atoms with Crippen LogP contribution in [0.1, 0.15) is 11.1 Å². The molecule has 0 spiro atoms. The van der Waals surface area contributed by atoms with Crippen molar-refractivity contribution in [1.29, 1.82) is 0 Å². The Labute approximate surface area is 126 Å². The molecule has 2 aromatic carbocycles. The average molecular weight is 285 g/mol. The van der Waals surface area contributed by atoms with Gasteiger partial charge in [-0.3, -0.25) is 0 Å². The molecule has 0 atom stereocenters. The first-order valence-electron chi connectivity index (χ1n) is 7.16. The molecule has 0 amide bonds. The number of ether oxygens (including phenoxy) is 1. The van der Waals surface area contributed by atoms with Gasteiger partial charge in [0.05, 0.1) is 12.8 Å². The van der Waals surface area contributed by atoms with Crippen LogP contribution < -0.4 is 21.5 Å². The highest BCUT2D eigenvalue weighted by atomic mass is 16.5. The highest BCUT2D eigenvalue weighted by molar-refractivity contribution is 5.54. The van der Waals surface area contributed by atoms with Gasteiger partial charge < -0.3 is 21.5 Å². The van der Waals surface area contributed by atoms with Crippen molar-refractivity contribution in [2.45, 2.75) is 12.8 Å². The Bertz CT molecular complexity index is 567. The third kappa shape index (κ3) is 4.68. The maximum atomic E-state index is 5.89. The molecule has 0 radical (unpaired) electrons. The lowest BCUT2D eigenvalue weighted by atomic mass is 10.1. The van der Waals surface area contributed by atoms with E-state index in [2.05, 4.69) is 23.5 Å². The molecule has 2 aromatic rings. The number of benzene rings is 2. The summed E-state index contributed by atoms with van der Waals surface area (Å²) in [5, 5.41) is 3.44. The van der Waals surface area contributed by atoms with Gasteiger partial charge in [-0.25, -0.2) is 0 Å². The number of nitrogens with two attached hydrogens (primary N) is 2. The highest BCUT2D eigenvalue weighted by Gasteiger charge is 2.00. The maximum absolute atomic E-state index is 5.89. The minimum atomic E-state index is 0.692. The van der Waals surface area contributed by atoms with Gasteiger partial charge >= 0.3 is 0 Å². The monoisotopic (exact) mass is 285 g/mol. The predicted molar refractivity (Wildman–Crippen MR) is 88.5 cm³/mol. The number of hydrogen-bond donors (Lipinski definition) is 3. The second kappa shape index (κ2) is 7.55. The van der Waals surface area contributed by atoms with E-state index in [1.807, 2.05) is 24.3 Å². The van der Waals surface area contributed by atoms with Gasteiger partial charge in [-0.05, 0) is 61.3 Å². The Morgan fingerprint density at radius 1 is 0.905 bits per heavy atom. The van der Waals surface area contributed by atoms with Gasteiger partial charge in [-0.1, -0.05) is 18.2 Å². The molecule has 0 aliphatic rings. The van der Waals surface area contributed by atoms with Crippen LogP contribution in [0.4, 0.5) is 11.4 Å². The normalized spacial score (nSPS) is 10.5. The molecule has 0 aliphatic carbocycles. The summed E-state index contributed by atoms with van der Waals surface area (Å²) in [6.45, 7) is 1.89. The lowest BCUT2D eigenvalue weighted by Crippen LogP contribution is -2.20. The fourth-order valence-electron chi connectivity index (χ4n) is 2.21. The standard InChI is InChI=1S/C17H23N3O/c1-21-17-7-4-14(12-16(17)19)9-11-20-10-8-13-2-5-15(18)6-3-13/h2-7,12,20H,8-11,18-19H2,1H3. The summed E-state index contributed by atoms with van der Waals surface area (Å²) in [6, 6.07) is 14.0. The molecule has 4 heteroatoms. The molecule has 4 nitrogen and oxygen atoms in total. The van der Waals surface area contributed by atoms with Crippen molar-refractivity contribution in [3.8, 4) is 5.75 Å². The van der Waals surface area contributed by atoms with Crippen molar-refractivity contribution in [1.82, 2.24) is 5.32 Å². The maximum Gasteiger partial charge on any atom is 0.141 e. The molecule has 112 valence electrons. The molecule has 2 rings (SSSR count). The first-order valence-corrected chi connectivity index (χ1v) is 7.16. The third-order valence-corrected chi connectivity index (χ3v) is 3.45. The molecule has 0 aliphatic heterocycles. The second-order valence-electron chi connectivity index (χ2n) is 5.07. The van der Waals surface area contributed by atoms with Crippen LogP contribution in [0.2, 0.25) is 0 Å². The fraction of sp³-hybridized carbons (Fsp3) is 0.294. The molecule has 0 unspecified atom stereocenters. The summed E-state index contributed by atoms with van der Waals surface area (Å²) < 4.78 is 5.15. The number of nitrogens with one attached hydrogen (secondary N) is 1. The van der Waals surface area contributed by atoms with Crippen molar-refractivity contribution in [2.24, 2.45) is 0 Å². The fourth-order valence-corrected chi connectivity index (χ4v) is 2.21. The van der Waals surface area contributed by atoms with E-state index in [4.69, 9.17) is 16.2 Å². The zero-order valence-electron chi connectivity index (χ0n) is 12.4. The van der Waals surface area contributed by atoms with Crippen LogP contribution in [-0.4, -0.2) is 20.2 Å². The summed E-state index contributed by atoms with van der Waals surface area (Å²) in [5.74, 6) is 0.732. The van der Waals surface area contributed by atoms with Crippen molar-refractivity contribution >= 4 is 11.4 Å². The van der Waals surface area contributed by atoms with Crippen LogP contribution in [0.3, 0.4) is 0 Å². The molecule has 0 fully saturated rings. The number of methoxy groups -OCH3 is 1. The summed E-state index contributed by atoms with van der Waals surface area (Å²) in [5.41, 5.74) is 15.6. The van der Waals surface area contributed by atoms with Crippen molar-refractivity contribution in [3.63, 3.8) is 0 Å². The average Bonchev–Trinajstić information content (AvgIpc) is 2.49. The van der Waals surface area contributed by atoms with Gasteiger partial charge in [0.2, 0.25) is 0 Å². The van der Waals surface area contributed by atoms with Crippen LogP contribution in [-0.2, 0) is 12.8 Å². The summed E-state index contributed by atoms with van der Waals surface area (Å²) >= 11 is 0.